The molecule has 1 N–H and O–H groups in total. The first-order valence-electron chi connectivity index (χ1n) is 12.6. The molecule has 0 bridgehead atoms. The van der Waals surface area contributed by atoms with E-state index < -0.39 is 6.10 Å². The van der Waals surface area contributed by atoms with E-state index in [-0.39, 0.29) is 5.97 Å². The molecule has 1 aliphatic heterocycles. The minimum Gasteiger partial charge on any atom is -0.469 e. The van der Waals surface area contributed by atoms with Crippen molar-refractivity contribution < 1.29 is 19.2 Å². The van der Waals surface area contributed by atoms with Crippen LogP contribution >= 0.6 is 0 Å². The number of aliphatic hydroxyl groups is 1. The minimum absolute atomic E-state index is 0.131. The highest BCUT2D eigenvalue weighted by molar-refractivity contribution is 5.69. The highest BCUT2D eigenvalue weighted by Crippen LogP contribution is 2.23. The number of ether oxygens (including phenoxy) is 1. The number of imidazole rings is 1. The third-order valence-corrected chi connectivity index (χ3v) is 6.61. The van der Waals surface area contributed by atoms with Crippen LogP contribution < -0.4 is 0 Å². The molecule has 2 aromatic heterocycles. The van der Waals surface area contributed by atoms with Crippen LogP contribution in [0, 0.1) is 17.8 Å². The second-order valence-corrected chi connectivity index (χ2v) is 9.64. The molecule has 1 saturated heterocycles. The summed E-state index contributed by atoms with van der Waals surface area (Å²) < 4.78 is 12.1. The van der Waals surface area contributed by atoms with Crippen molar-refractivity contribution in [2.24, 2.45) is 5.92 Å². The van der Waals surface area contributed by atoms with Crippen molar-refractivity contribution in [3.63, 3.8) is 0 Å². The number of rotatable bonds is 8. The average Bonchev–Trinajstić information content (AvgIpc) is 3.57. The van der Waals surface area contributed by atoms with Gasteiger partial charge < -0.3 is 18.9 Å². The van der Waals surface area contributed by atoms with Crippen LogP contribution in [0.1, 0.15) is 47.7 Å². The third-order valence-electron chi connectivity index (χ3n) is 6.61. The van der Waals surface area contributed by atoms with Gasteiger partial charge in [-0.05, 0) is 54.8 Å². The van der Waals surface area contributed by atoms with Crippen molar-refractivity contribution in [2.75, 3.05) is 20.2 Å². The van der Waals surface area contributed by atoms with E-state index in [2.05, 4.69) is 39.0 Å². The monoisotopic (exact) mass is 510 g/mol. The number of likely N-dealkylation sites (tertiary alicyclic amines) is 1. The number of carbonyl (C=O) groups excluding carboxylic acids is 1. The number of hydrogen-bond acceptors (Lipinski definition) is 7. The molecule has 8 nitrogen and oxygen atoms in total. The van der Waals surface area contributed by atoms with Crippen LogP contribution in [0.2, 0.25) is 0 Å². The van der Waals surface area contributed by atoms with E-state index in [0.717, 1.165) is 42.0 Å². The molecule has 1 atom stereocenters. The number of benzene rings is 2. The Hall–Kier alpha value is -4.19. The molecule has 0 unspecified atom stereocenters. The molecular formula is C30H30N4O4. The number of hydrogen-bond donors (Lipinski definition) is 1. The SMILES string of the molecule is COC(=O)CC1CN(Cc2ccc(C#Cc3ccc(-c4cc(Cn5ccnc5[C@H](C)O)no4)cc3)cc2)C1. The third kappa shape index (κ3) is 6.20. The summed E-state index contributed by atoms with van der Waals surface area (Å²) in [5.41, 5.74) is 4.77. The highest BCUT2D eigenvalue weighted by Gasteiger charge is 2.28. The molecule has 1 aliphatic rings. The summed E-state index contributed by atoms with van der Waals surface area (Å²) >= 11 is 0. The molecule has 3 heterocycles. The van der Waals surface area contributed by atoms with Gasteiger partial charge in [0.25, 0.3) is 0 Å². The molecule has 0 aliphatic carbocycles. The van der Waals surface area contributed by atoms with Crippen LogP contribution in [-0.2, 0) is 22.6 Å². The molecule has 5 rings (SSSR count). The number of methoxy groups -OCH3 is 1. The van der Waals surface area contributed by atoms with Gasteiger partial charge in [0.15, 0.2) is 5.76 Å². The summed E-state index contributed by atoms with van der Waals surface area (Å²) in [7, 11) is 1.44. The Morgan fingerprint density at radius 3 is 2.45 bits per heavy atom. The molecule has 0 spiro atoms. The Morgan fingerprint density at radius 1 is 1.11 bits per heavy atom. The van der Waals surface area contributed by atoms with E-state index in [9.17, 15) is 9.90 Å². The van der Waals surface area contributed by atoms with Crippen molar-refractivity contribution >= 4 is 5.97 Å². The number of aliphatic hydroxyl groups excluding tert-OH is 1. The van der Waals surface area contributed by atoms with Gasteiger partial charge in [-0.15, -0.1) is 0 Å². The molecule has 2 aromatic carbocycles. The zero-order valence-electron chi connectivity index (χ0n) is 21.5. The van der Waals surface area contributed by atoms with Crippen LogP contribution in [0.3, 0.4) is 0 Å². The average molecular weight is 511 g/mol. The Kier molecular flexibility index (Phi) is 7.68. The molecular weight excluding hydrogens is 480 g/mol. The smallest absolute Gasteiger partial charge is 0.305 e. The van der Waals surface area contributed by atoms with Crippen molar-refractivity contribution in [3.05, 3.63) is 95.2 Å². The fourth-order valence-electron chi connectivity index (χ4n) is 4.59. The van der Waals surface area contributed by atoms with Crippen molar-refractivity contribution in [1.29, 1.82) is 0 Å². The number of nitrogens with zero attached hydrogens (tertiary/aromatic N) is 4. The lowest BCUT2D eigenvalue weighted by molar-refractivity contribution is -0.143. The van der Waals surface area contributed by atoms with Gasteiger partial charge >= 0.3 is 5.97 Å². The zero-order chi connectivity index (χ0) is 26.5. The van der Waals surface area contributed by atoms with Gasteiger partial charge in [-0.2, -0.15) is 0 Å². The van der Waals surface area contributed by atoms with Gasteiger partial charge in [0.2, 0.25) is 0 Å². The fraction of sp³-hybridized carbons (Fsp3) is 0.300. The molecule has 0 radical (unpaired) electrons. The second-order valence-electron chi connectivity index (χ2n) is 9.64. The van der Waals surface area contributed by atoms with E-state index in [1.807, 2.05) is 53.2 Å². The fourth-order valence-corrected chi connectivity index (χ4v) is 4.59. The van der Waals surface area contributed by atoms with Crippen molar-refractivity contribution in [2.45, 2.75) is 32.5 Å². The van der Waals surface area contributed by atoms with Gasteiger partial charge in [0.05, 0.1) is 20.1 Å². The predicted octanol–water partition coefficient (Wildman–Crippen LogP) is 4.03. The second kappa shape index (κ2) is 11.5. The summed E-state index contributed by atoms with van der Waals surface area (Å²) in [6, 6.07) is 18.1. The summed E-state index contributed by atoms with van der Waals surface area (Å²) in [5.74, 6) is 7.98. The van der Waals surface area contributed by atoms with Gasteiger partial charge in [-0.3, -0.25) is 9.69 Å². The Balaban J connectivity index is 1.14. The van der Waals surface area contributed by atoms with E-state index in [1.54, 1.807) is 13.1 Å². The van der Waals surface area contributed by atoms with E-state index in [4.69, 9.17) is 9.26 Å². The molecule has 0 amide bonds. The molecule has 194 valence electrons. The quantitative estimate of drug-likeness (QED) is 0.283. The lowest BCUT2D eigenvalue weighted by atomic mass is 9.95. The minimum atomic E-state index is -0.651. The maximum Gasteiger partial charge on any atom is 0.305 e. The Morgan fingerprint density at radius 2 is 1.79 bits per heavy atom. The predicted molar refractivity (Wildman–Crippen MR) is 142 cm³/mol. The number of carbonyl (C=O) groups is 1. The zero-order valence-corrected chi connectivity index (χ0v) is 21.5. The van der Waals surface area contributed by atoms with Crippen LogP contribution in [0.25, 0.3) is 11.3 Å². The molecule has 8 heteroatoms. The first-order valence-corrected chi connectivity index (χ1v) is 12.6. The maximum atomic E-state index is 11.4. The molecule has 1 fully saturated rings. The Bertz CT molecular complexity index is 1440. The highest BCUT2D eigenvalue weighted by atomic mass is 16.5. The van der Waals surface area contributed by atoms with Crippen molar-refractivity contribution in [1.82, 2.24) is 19.6 Å². The largest absolute Gasteiger partial charge is 0.469 e. The molecule has 38 heavy (non-hydrogen) atoms. The normalized spacial score (nSPS) is 14.4. The van der Waals surface area contributed by atoms with E-state index in [0.29, 0.717) is 30.5 Å². The summed E-state index contributed by atoms with van der Waals surface area (Å²) in [6.45, 7) is 4.89. The van der Waals surface area contributed by atoms with Gasteiger partial charge in [-0.1, -0.05) is 29.1 Å². The van der Waals surface area contributed by atoms with Gasteiger partial charge in [0.1, 0.15) is 17.6 Å². The lowest BCUT2D eigenvalue weighted by Crippen LogP contribution is -2.46. The summed E-state index contributed by atoms with van der Waals surface area (Å²) in [6.07, 6.45) is 3.32. The molecule has 4 aromatic rings. The maximum absolute atomic E-state index is 11.4. The van der Waals surface area contributed by atoms with Crippen LogP contribution in [-0.4, -0.2) is 50.9 Å². The topological polar surface area (TPSA) is 93.6 Å². The van der Waals surface area contributed by atoms with Gasteiger partial charge in [-0.25, -0.2) is 4.98 Å². The van der Waals surface area contributed by atoms with Crippen LogP contribution in [0.4, 0.5) is 0 Å². The summed E-state index contributed by atoms with van der Waals surface area (Å²) in [5, 5.41) is 14.0. The van der Waals surface area contributed by atoms with E-state index >= 15 is 0 Å². The Labute approximate surface area is 221 Å². The summed E-state index contributed by atoms with van der Waals surface area (Å²) in [4.78, 5) is 17.9. The molecule has 0 saturated carbocycles. The van der Waals surface area contributed by atoms with Gasteiger partial charge in [0, 0.05) is 54.8 Å². The van der Waals surface area contributed by atoms with E-state index in [1.165, 1.54) is 12.7 Å². The first kappa shape index (κ1) is 25.5. The standard InChI is InChI=1S/C30H30N4O4/c1-21(35)30-31-13-14-34(30)20-27-16-28(38-32-27)26-11-9-23(10-12-26)4-3-22-5-7-24(8-6-22)17-33-18-25(19-33)15-29(36)37-2/h5-14,16,21,25,35H,15,17-20H2,1-2H3/t21-/m0/s1. The number of esters is 1. The van der Waals surface area contributed by atoms with Crippen LogP contribution in [0.15, 0.2) is 71.5 Å². The van der Waals surface area contributed by atoms with Crippen molar-refractivity contribution in [3.8, 4) is 23.2 Å². The number of aromatic nitrogens is 3. The lowest BCUT2D eigenvalue weighted by Gasteiger charge is -2.38. The van der Waals surface area contributed by atoms with Crippen LogP contribution in [0.5, 0.6) is 0 Å². The first-order chi connectivity index (χ1) is 18.5.